The van der Waals surface area contributed by atoms with Gasteiger partial charge < -0.3 is 29.4 Å². The van der Waals surface area contributed by atoms with Crippen LogP contribution < -0.4 is 19.5 Å². The second-order valence-electron chi connectivity index (χ2n) is 8.90. The number of ether oxygens (including phenoxy) is 4. The normalized spacial score (nSPS) is 14.3. The van der Waals surface area contributed by atoms with Crippen LogP contribution in [0, 0.1) is 0 Å². The summed E-state index contributed by atoms with van der Waals surface area (Å²) in [6.07, 6.45) is 1.13. The maximum absolute atomic E-state index is 12.7. The summed E-state index contributed by atoms with van der Waals surface area (Å²) in [4.78, 5) is 24.6. The fraction of sp³-hybridized carbons (Fsp3) is 0.241. The highest BCUT2D eigenvalue weighted by atomic mass is 16.5. The number of alkyl carbamates (subject to hydrolysis) is 1. The van der Waals surface area contributed by atoms with E-state index < -0.39 is 18.1 Å². The molecule has 0 aromatic heterocycles. The number of benzene rings is 3. The van der Waals surface area contributed by atoms with Crippen molar-refractivity contribution >= 4 is 18.1 Å². The SMILES string of the molecule is COc1cc2c(cc1OC)OCC(C[C@H](NC(=O)OCC1c3ccccc3-c3ccccc31)C(=O)O)=C2. The summed E-state index contributed by atoms with van der Waals surface area (Å²) in [5.41, 5.74) is 5.86. The molecule has 3 aromatic carbocycles. The molecule has 0 saturated heterocycles. The molecule has 37 heavy (non-hydrogen) atoms. The number of aliphatic carboxylic acids is 1. The van der Waals surface area contributed by atoms with Gasteiger partial charge >= 0.3 is 12.1 Å². The Hall–Kier alpha value is -4.46. The number of carbonyl (C=O) groups is 2. The number of hydrogen-bond donors (Lipinski definition) is 2. The lowest BCUT2D eigenvalue weighted by Gasteiger charge is -2.22. The van der Waals surface area contributed by atoms with Gasteiger partial charge in [0.15, 0.2) is 11.5 Å². The molecule has 0 radical (unpaired) electrons. The van der Waals surface area contributed by atoms with Crippen molar-refractivity contribution in [1.29, 1.82) is 0 Å². The molecule has 1 atom stereocenters. The lowest BCUT2D eigenvalue weighted by molar-refractivity contribution is -0.139. The van der Waals surface area contributed by atoms with E-state index in [0.29, 0.717) is 22.8 Å². The Kier molecular flexibility index (Phi) is 6.72. The van der Waals surface area contributed by atoms with E-state index in [0.717, 1.165) is 27.8 Å². The van der Waals surface area contributed by atoms with Crippen molar-refractivity contribution < 1.29 is 33.6 Å². The largest absolute Gasteiger partial charge is 0.493 e. The Morgan fingerprint density at radius 1 is 1.00 bits per heavy atom. The summed E-state index contributed by atoms with van der Waals surface area (Å²) in [6.45, 7) is 0.297. The third kappa shape index (κ3) is 4.82. The molecule has 0 fully saturated rings. The van der Waals surface area contributed by atoms with Crippen LogP contribution in [0.3, 0.4) is 0 Å². The molecule has 1 aliphatic heterocycles. The second kappa shape index (κ2) is 10.3. The van der Waals surface area contributed by atoms with E-state index >= 15 is 0 Å². The van der Waals surface area contributed by atoms with Crippen LogP contribution in [0.1, 0.15) is 29.0 Å². The van der Waals surface area contributed by atoms with Crippen molar-refractivity contribution in [3.63, 3.8) is 0 Å². The number of nitrogens with one attached hydrogen (secondary N) is 1. The molecule has 5 rings (SSSR count). The third-order valence-electron chi connectivity index (χ3n) is 6.69. The number of methoxy groups -OCH3 is 2. The molecule has 1 aliphatic carbocycles. The zero-order valence-electron chi connectivity index (χ0n) is 20.5. The molecule has 1 amide bonds. The molecular formula is C29H27NO7. The third-order valence-corrected chi connectivity index (χ3v) is 6.69. The molecule has 3 aromatic rings. The smallest absolute Gasteiger partial charge is 0.407 e. The highest BCUT2D eigenvalue weighted by Crippen LogP contribution is 2.44. The van der Waals surface area contributed by atoms with E-state index in [1.807, 2.05) is 42.5 Å². The summed E-state index contributed by atoms with van der Waals surface area (Å²) < 4.78 is 22.0. The molecule has 0 bridgehead atoms. The number of carboxylic acid groups (broad SMARTS) is 1. The van der Waals surface area contributed by atoms with Crippen LogP contribution in [-0.2, 0) is 9.53 Å². The van der Waals surface area contributed by atoms with Gasteiger partial charge in [-0.1, -0.05) is 48.5 Å². The zero-order valence-corrected chi connectivity index (χ0v) is 20.5. The maximum atomic E-state index is 12.7. The van der Waals surface area contributed by atoms with Crippen molar-refractivity contribution in [2.75, 3.05) is 27.4 Å². The van der Waals surface area contributed by atoms with Gasteiger partial charge in [-0.25, -0.2) is 9.59 Å². The van der Waals surface area contributed by atoms with E-state index in [4.69, 9.17) is 18.9 Å². The Morgan fingerprint density at radius 2 is 1.62 bits per heavy atom. The summed E-state index contributed by atoms with van der Waals surface area (Å²) >= 11 is 0. The number of hydrogen-bond acceptors (Lipinski definition) is 6. The van der Waals surface area contributed by atoms with Gasteiger partial charge in [0.25, 0.3) is 0 Å². The minimum atomic E-state index is -1.17. The number of rotatable bonds is 8. The molecule has 190 valence electrons. The van der Waals surface area contributed by atoms with Crippen LogP contribution in [0.2, 0.25) is 0 Å². The van der Waals surface area contributed by atoms with Crippen molar-refractivity contribution in [3.05, 3.63) is 82.9 Å². The fourth-order valence-electron chi connectivity index (χ4n) is 4.91. The first-order valence-electron chi connectivity index (χ1n) is 11.9. The minimum absolute atomic E-state index is 0.0628. The van der Waals surface area contributed by atoms with Gasteiger partial charge in [0.05, 0.1) is 14.2 Å². The van der Waals surface area contributed by atoms with E-state index in [1.165, 1.54) is 7.11 Å². The van der Waals surface area contributed by atoms with E-state index in [1.54, 1.807) is 19.2 Å². The Morgan fingerprint density at radius 3 is 2.24 bits per heavy atom. The quantitative estimate of drug-likeness (QED) is 0.454. The lowest BCUT2D eigenvalue weighted by Crippen LogP contribution is -2.42. The second-order valence-corrected chi connectivity index (χ2v) is 8.90. The average molecular weight is 502 g/mol. The minimum Gasteiger partial charge on any atom is -0.493 e. The van der Waals surface area contributed by atoms with Crippen LogP contribution in [0.5, 0.6) is 17.2 Å². The number of fused-ring (bicyclic) bond motifs is 4. The van der Waals surface area contributed by atoms with Gasteiger partial charge in [0, 0.05) is 24.0 Å². The van der Waals surface area contributed by atoms with Crippen LogP contribution in [0.4, 0.5) is 4.79 Å². The number of carboxylic acids is 1. The zero-order chi connectivity index (χ0) is 25.9. The highest BCUT2D eigenvalue weighted by Gasteiger charge is 2.30. The molecule has 1 heterocycles. The first kappa shape index (κ1) is 24.2. The van der Waals surface area contributed by atoms with Gasteiger partial charge in [-0.05, 0) is 40.0 Å². The first-order valence-corrected chi connectivity index (χ1v) is 11.9. The van der Waals surface area contributed by atoms with Crippen LogP contribution in [0.15, 0.2) is 66.2 Å². The molecule has 8 nitrogen and oxygen atoms in total. The summed E-state index contributed by atoms with van der Waals surface area (Å²) in [6, 6.07) is 18.4. The van der Waals surface area contributed by atoms with Crippen molar-refractivity contribution in [3.8, 4) is 28.4 Å². The molecular weight excluding hydrogens is 474 g/mol. The van der Waals surface area contributed by atoms with Gasteiger partial charge in [0.1, 0.15) is 25.0 Å². The number of amides is 1. The maximum Gasteiger partial charge on any atom is 0.407 e. The first-order chi connectivity index (χ1) is 18.0. The monoisotopic (exact) mass is 501 g/mol. The van der Waals surface area contributed by atoms with E-state index in [-0.39, 0.29) is 25.6 Å². The standard InChI is InChI=1S/C29H27NO7/c1-34-26-13-18-11-17(15-36-25(18)14-27(26)35-2)12-24(28(31)32)30-29(33)37-16-23-21-9-5-3-7-19(21)20-8-4-6-10-22(20)23/h3-11,13-14,23-24H,12,15-16H2,1-2H3,(H,30,33)(H,31,32)/t24-/m0/s1. The van der Waals surface area contributed by atoms with Gasteiger partial charge in [-0.15, -0.1) is 0 Å². The molecule has 0 saturated carbocycles. The predicted molar refractivity (Wildman–Crippen MR) is 137 cm³/mol. The van der Waals surface area contributed by atoms with E-state index in [2.05, 4.69) is 17.4 Å². The van der Waals surface area contributed by atoms with Gasteiger partial charge in [-0.3, -0.25) is 0 Å². The Labute approximate surface area is 214 Å². The lowest BCUT2D eigenvalue weighted by atomic mass is 9.98. The van der Waals surface area contributed by atoms with Crippen LogP contribution >= 0.6 is 0 Å². The van der Waals surface area contributed by atoms with Gasteiger partial charge in [0.2, 0.25) is 0 Å². The molecule has 2 aliphatic rings. The van der Waals surface area contributed by atoms with Crippen LogP contribution in [-0.4, -0.2) is 50.6 Å². The predicted octanol–water partition coefficient (Wildman–Crippen LogP) is 4.86. The summed E-state index contributed by atoms with van der Waals surface area (Å²) in [5, 5.41) is 12.3. The molecule has 0 unspecified atom stereocenters. The van der Waals surface area contributed by atoms with Crippen LogP contribution in [0.25, 0.3) is 17.2 Å². The number of carbonyl (C=O) groups excluding carboxylic acids is 1. The molecule has 0 spiro atoms. The topological polar surface area (TPSA) is 103 Å². The van der Waals surface area contributed by atoms with Crippen molar-refractivity contribution in [2.45, 2.75) is 18.4 Å². The van der Waals surface area contributed by atoms with Crippen molar-refractivity contribution in [2.24, 2.45) is 0 Å². The Bertz CT molecular complexity index is 1330. The molecule has 8 heteroatoms. The highest BCUT2D eigenvalue weighted by molar-refractivity contribution is 5.81. The summed E-state index contributed by atoms with van der Waals surface area (Å²) in [5.74, 6) is 0.414. The van der Waals surface area contributed by atoms with Gasteiger partial charge in [-0.2, -0.15) is 0 Å². The fourth-order valence-corrected chi connectivity index (χ4v) is 4.91. The van der Waals surface area contributed by atoms with E-state index in [9.17, 15) is 14.7 Å². The van der Waals surface area contributed by atoms with Crippen molar-refractivity contribution in [1.82, 2.24) is 5.32 Å². The Balaban J connectivity index is 1.26. The average Bonchev–Trinajstić information content (AvgIpc) is 3.24. The molecule has 2 N–H and O–H groups in total. The summed E-state index contributed by atoms with van der Waals surface area (Å²) in [7, 11) is 3.08.